The molecule has 86 valence electrons. The van der Waals surface area contributed by atoms with Crippen molar-refractivity contribution in [2.75, 3.05) is 11.9 Å². The number of nitro groups is 1. The van der Waals surface area contributed by atoms with E-state index in [2.05, 4.69) is 5.32 Å². The molecule has 0 unspecified atom stereocenters. The van der Waals surface area contributed by atoms with E-state index in [0.29, 0.717) is 5.82 Å². The highest BCUT2D eigenvalue weighted by molar-refractivity contribution is 5.74. The number of hydrogen-bond donors (Lipinski definition) is 1. The zero-order valence-corrected chi connectivity index (χ0v) is 9.09. The van der Waals surface area contributed by atoms with Crippen LogP contribution in [0.5, 0.6) is 0 Å². The topological polar surface area (TPSA) is 60.1 Å². The van der Waals surface area contributed by atoms with Crippen LogP contribution in [0.2, 0.25) is 0 Å². The Kier molecular flexibility index (Phi) is 2.11. The smallest absolute Gasteiger partial charge is 0.311 e. The highest BCUT2D eigenvalue weighted by atomic mass is 16.6. The zero-order valence-electron chi connectivity index (χ0n) is 9.09. The Labute approximate surface area is 97.8 Å². The van der Waals surface area contributed by atoms with Crippen molar-refractivity contribution in [3.63, 3.8) is 0 Å². The lowest BCUT2D eigenvalue weighted by Gasteiger charge is -2.03. The second kappa shape index (κ2) is 3.62. The molecule has 1 aliphatic rings. The van der Waals surface area contributed by atoms with Crippen molar-refractivity contribution in [2.24, 2.45) is 0 Å². The summed E-state index contributed by atoms with van der Waals surface area (Å²) in [5.74, 6) is 0.619. The third kappa shape index (κ3) is 1.47. The van der Waals surface area contributed by atoms with Gasteiger partial charge >= 0.3 is 5.69 Å². The van der Waals surface area contributed by atoms with Gasteiger partial charge < -0.3 is 9.88 Å². The predicted molar refractivity (Wildman–Crippen MR) is 65.0 cm³/mol. The van der Waals surface area contributed by atoms with E-state index in [0.717, 1.165) is 24.3 Å². The molecular weight excluding hydrogens is 218 g/mol. The first-order chi connectivity index (χ1) is 8.27. The lowest BCUT2D eigenvalue weighted by atomic mass is 10.1. The average Bonchev–Trinajstić information content (AvgIpc) is 2.90. The molecule has 0 fully saturated rings. The molecule has 5 heteroatoms. The number of nitrogens with zero attached hydrogens (tertiary/aromatic N) is 2. The van der Waals surface area contributed by atoms with Gasteiger partial charge in [-0.2, -0.15) is 0 Å². The Hall–Kier alpha value is -2.30. The highest BCUT2D eigenvalue weighted by Gasteiger charge is 2.26. The predicted octanol–water partition coefficient (Wildman–Crippen LogP) is 2.49. The highest BCUT2D eigenvalue weighted by Crippen LogP contribution is 2.36. The molecule has 0 amide bonds. The molecule has 1 aliphatic heterocycles. The lowest BCUT2D eigenvalue weighted by Crippen LogP contribution is -1.96. The quantitative estimate of drug-likeness (QED) is 0.635. The van der Waals surface area contributed by atoms with E-state index in [9.17, 15) is 10.1 Å². The summed E-state index contributed by atoms with van der Waals surface area (Å²) in [6, 6.07) is 11.4. The first-order valence-electron chi connectivity index (χ1n) is 5.44. The second-order valence-electron chi connectivity index (χ2n) is 3.96. The van der Waals surface area contributed by atoms with Gasteiger partial charge in [0.05, 0.1) is 10.6 Å². The molecule has 0 bridgehead atoms. The van der Waals surface area contributed by atoms with E-state index in [1.807, 2.05) is 34.9 Å². The minimum Gasteiger partial charge on any atom is -0.364 e. The summed E-state index contributed by atoms with van der Waals surface area (Å²) < 4.78 is 1.97. The average molecular weight is 229 g/mol. The van der Waals surface area contributed by atoms with Gasteiger partial charge in [-0.1, -0.05) is 30.3 Å². The van der Waals surface area contributed by atoms with Gasteiger partial charge in [0.25, 0.3) is 0 Å². The summed E-state index contributed by atoms with van der Waals surface area (Å²) in [6.07, 6.45) is 0. The first-order valence-corrected chi connectivity index (χ1v) is 5.44. The van der Waals surface area contributed by atoms with E-state index < -0.39 is 0 Å². The van der Waals surface area contributed by atoms with Crippen molar-refractivity contribution >= 4 is 11.5 Å². The van der Waals surface area contributed by atoms with Crippen LogP contribution in [-0.4, -0.2) is 16.0 Å². The molecule has 1 aromatic heterocycles. The molecule has 5 nitrogen and oxygen atoms in total. The molecule has 0 radical (unpaired) electrons. The standard InChI is InChI=1S/C12H11N3O2/c16-15(17)11-8-10(9-4-2-1-3-5-9)14-7-6-13-12(11)14/h1-5,8,13H,6-7H2. The van der Waals surface area contributed by atoms with E-state index in [-0.39, 0.29) is 10.6 Å². The SMILES string of the molecule is O=[N+]([O-])c1cc(-c2ccccc2)n2c1NCC2. The van der Waals surface area contributed by atoms with Gasteiger partial charge in [-0.15, -0.1) is 0 Å². The molecule has 0 saturated carbocycles. The van der Waals surface area contributed by atoms with Gasteiger partial charge in [0.2, 0.25) is 0 Å². The monoisotopic (exact) mass is 229 g/mol. The van der Waals surface area contributed by atoms with Crippen molar-refractivity contribution in [2.45, 2.75) is 6.54 Å². The van der Waals surface area contributed by atoms with Crippen LogP contribution in [0.15, 0.2) is 36.4 Å². The fourth-order valence-electron chi connectivity index (χ4n) is 2.23. The maximum atomic E-state index is 11.0. The van der Waals surface area contributed by atoms with E-state index in [1.54, 1.807) is 6.07 Å². The number of nitrogens with one attached hydrogen (secondary N) is 1. The fourth-order valence-corrected chi connectivity index (χ4v) is 2.23. The molecular formula is C12H11N3O2. The van der Waals surface area contributed by atoms with Crippen LogP contribution in [0.1, 0.15) is 0 Å². The van der Waals surface area contributed by atoms with E-state index in [1.165, 1.54) is 0 Å². The number of anilines is 1. The van der Waals surface area contributed by atoms with Gasteiger partial charge in [-0.25, -0.2) is 0 Å². The van der Waals surface area contributed by atoms with Crippen LogP contribution >= 0.6 is 0 Å². The largest absolute Gasteiger partial charge is 0.364 e. The third-order valence-electron chi connectivity index (χ3n) is 2.97. The zero-order chi connectivity index (χ0) is 11.8. The number of hydrogen-bond acceptors (Lipinski definition) is 3. The number of aromatic nitrogens is 1. The molecule has 3 rings (SSSR count). The number of rotatable bonds is 2. The van der Waals surface area contributed by atoms with Crippen LogP contribution in [0.3, 0.4) is 0 Å². The molecule has 2 aromatic rings. The summed E-state index contributed by atoms with van der Waals surface area (Å²) in [7, 11) is 0. The maximum absolute atomic E-state index is 11.0. The number of fused-ring (bicyclic) bond motifs is 1. The van der Waals surface area contributed by atoms with Crippen molar-refractivity contribution < 1.29 is 4.92 Å². The van der Waals surface area contributed by atoms with E-state index >= 15 is 0 Å². The van der Waals surface area contributed by atoms with Gasteiger partial charge in [-0.05, 0) is 5.56 Å². The second-order valence-corrected chi connectivity index (χ2v) is 3.96. The van der Waals surface area contributed by atoms with Gasteiger partial charge in [-0.3, -0.25) is 10.1 Å². The summed E-state index contributed by atoms with van der Waals surface area (Å²) in [5, 5.41) is 14.0. The number of benzene rings is 1. The van der Waals surface area contributed by atoms with Crippen LogP contribution < -0.4 is 5.32 Å². The van der Waals surface area contributed by atoms with Crippen molar-refractivity contribution in [3.8, 4) is 11.3 Å². The van der Waals surface area contributed by atoms with Gasteiger partial charge in [0.1, 0.15) is 0 Å². The Morgan fingerprint density at radius 2 is 2.06 bits per heavy atom. The maximum Gasteiger partial charge on any atom is 0.311 e. The van der Waals surface area contributed by atoms with Crippen molar-refractivity contribution in [1.29, 1.82) is 0 Å². The van der Waals surface area contributed by atoms with Crippen molar-refractivity contribution in [1.82, 2.24) is 4.57 Å². The molecule has 0 saturated heterocycles. The molecule has 17 heavy (non-hydrogen) atoms. The minimum absolute atomic E-state index is 0.154. The molecule has 1 aromatic carbocycles. The normalized spacial score (nSPS) is 13.2. The first kappa shape index (κ1) is 9.89. The Morgan fingerprint density at radius 1 is 1.29 bits per heavy atom. The molecule has 0 atom stereocenters. The van der Waals surface area contributed by atoms with Crippen LogP contribution in [0.4, 0.5) is 11.5 Å². The third-order valence-corrected chi connectivity index (χ3v) is 2.97. The van der Waals surface area contributed by atoms with Gasteiger partial charge in [0.15, 0.2) is 5.82 Å². The van der Waals surface area contributed by atoms with Crippen LogP contribution in [0, 0.1) is 10.1 Å². The molecule has 0 spiro atoms. The molecule has 1 N–H and O–H groups in total. The van der Waals surface area contributed by atoms with Gasteiger partial charge in [0, 0.05) is 19.2 Å². The lowest BCUT2D eigenvalue weighted by molar-refractivity contribution is -0.383. The molecule has 0 aliphatic carbocycles. The Balaban J connectivity index is 2.19. The summed E-state index contributed by atoms with van der Waals surface area (Å²) in [4.78, 5) is 10.6. The van der Waals surface area contributed by atoms with Crippen LogP contribution in [0.25, 0.3) is 11.3 Å². The van der Waals surface area contributed by atoms with Crippen LogP contribution in [-0.2, 0) is 6.54 Å². The Morgan fingerprint density at radius 3 is 2.76 bits per heavy atom. The summed E-state index contributed by atoms with van der Waals surface area (Å²) >= 11 is 0. The molecule has 2 heterocycles. The minimum atomic E-state index is -0.337. The summed E-state index contributed by atoms with van der Waals surface area (Å²) in [6.45, 7) is 1.52. The Bertz CT molecular complexity index is 575. The fraction of sp³-hybridized carbons (Fsp3) is 0.167. The summed E-state index contributed by atoms with van der Waals surface area (Å²) in [5.41, 5.74) is 2.06. The van der Waals surface area contributed by atoms with E-state index in [4.69, 9.17) is 0 Å². The van der Waals surface area contributed by atoms with Crippen molar-refractivity contribution in [3.05, 3.63) is 46.5 Å².